The highest BCUT2D eigenvalue weighted by Crippen LogP contribution is 2.28. The largest absolute Gasteiger partial charge is 0.395 e. The second-order valence-electron chi connectivity index (χ2n) is 5.77. The SMILES string of the molecule is O=C(CCCCCNC(=O)N1CC(=O)Nc2ccccc21)NCCO. The van der Waals surface area contributed by atoms with Gasteiger partial charge in [0.15, 0.2) is 0 Å². The van der Waals surface area contributed by atoms with Crippen molar-refractivity contribution in [2.75, 3.05) is 36.5 Å². The van der Waals surface area contributed by atoms with E-state index in [1.165, 1.54) is 4.90 Å². The summed E-state index contributed by atoms with van der Waals surface area (Å²) in [4.78, 5) is 36.8. The van der Waals surface area contributed by atoms with Crippen LogP contribution < -0.4 is 20.9 Å². The lowest BCUT2D eigenvalue weighted by atomic mass is 10.2. The minimum absolute atomic E-state index is 0.00608. The Hall–Kier alpha value is -2.61. The predicted molar refractivity (Wildman–Crippen MR) is 94.4 cm³/mol. The van der Waals surface area contributed by atoms with Crippen molar-refractivity contribution in [3.8, 4) is 0 Å². The van der Waals surface area contributed by atoms with Crippen LogP contribution in [-0.4, -0.2) is 49.2 Å². The third-order valence-electron chi connectivity index (χ3n) is 3.81. The first-order valence-electron chi connectivity index (χ1n) is 8.43. The van der Waals surface area contributed by atoms with Crippen LogP contribution >= 0.6 is 0 Å². The summed E-state index contributed by atoms with van der Waals surface area (Å²) in [5.41, 5.74) is 1.31. The lowest BCUT2D eigenvalue weighted by Gasteiger charge is -2.29. The van der Waals surface area contributed by atoms with Crippen LogP contribution in [0.5, 0.6) is 0 Å². The molecule has 0 spiro atoms. The van der Waals surface area contributed by atoms with Gasteiger partial charge in [-0.15, -0.1) is 0 Å². The van der Waals surface area contributed by atoms with Gasteiger partial charge in [-0.2, -0.15) is 0 Å². The molecule has 1 heterocycles. The highest BCUT2D eigenvalue weighted by Gasteiger charge is 2.26. The number of fused-ring (bicyclic) bond motifs is 1. The van der Waals surface area contributed by atoms with E-state index in [9.17, 15) is 14.4 Å². The van der Waals surface area contributed by atoms with Crippen LogP contribution in [0.25, 0.3) is 0 Å². The van der Waals surface area contributed by atoms with Gasteiger partial charge in [0.25, 0.3) is 0 Å². The first-order chi connectivity index (χ1) is 12.1. The molecule has 0 fully saturated rings. The number of unbranched alkanes of at least 4 members (excludes halogenated alkanes) is 2. The topological polar surface area (TPSA) is 111 Å². The van der Waals surface area contributed by atoms with Gasteiger partial charge < -0.3 is 21.1 Å². The Morgan fingerprint density at radius 3 is 2.72 bits per heavy atom. The molecule has 1 aliphatic rings. The number of rotatable bonds is 8. The van der Waals surface area contributed by atoms with Gasteiger partial charge >= 0.3 is 6.03 Å². The lowest BCUT2D eigenvalue weighted by molar-refractivity contribution is -0.121. The zero-order chi connectivity index (χ0) is 18.1. The number of carbonyl (C=O) groups excluding carboxylic acids is 3. The Morgan fingerprint density at radius 1 is 1.12 bits per heavy atom. The molecule has 0 saturated heterocycles. The van der Waals surface area contributed by atoms with Gasteiger partial charge in [0, 0.05) is 19.5 Å². The van der Waals surface area contributed by atoms with Gasteiger partial charge in [0.05, 0.1) is 18.0 Å². The molecule has 2 rings (SSSR count). The average Bonchev–Trinajstić information content (AvgIpc) is 2.61. The number of aliphatic hydroxyl groups is 1. The van der Waals surface area contributed by atoms with Crippen molar-refractivity contribution in [1.82, 2.24) is 10.6 Å². The second kappa shape index (κ2) is 9.63. The molecule has 4 N–H and O–H groups in total. The van der Waals surface area contributed by atoms with Crippen LogP contribution in [0.3, 0.4) is 0 Å². The van der Waals surface area contributed by atoms with E-state index in [-0.39, 0.29) is 37.5 Å². The third kappa shape index (κ3) is 5.75. The summed E-state index contributed by atoms with van der Waals surface area (Å²) in [5.74, 6) is -0.295. The Morgan fingerprint density at radius 2 is 1.92 bits per heavy atom. The molecular weight excluding hydrogens is 324 g/mol. The summed E-state index contributed by atoms with van der Waals surface area (Å²) in [6.07, 6.45) is 2.69. The molecule has 0 unspecified atom stereocenters. The van der Waals surface area contributed by atoms with Gasteiger partial charge in [-0.05, 0) is 25.0 Å². The molecule has 25 heavy (non-hydrogen) atoms. The molecule has 0 bridgehead atoms. The van der Waals surface area contributed by atoms with Gasteiger partial charge in [-0.3, -0.25) is 14.5 Å². The zero-order valence-corrected chi connectivity index (χ0v) is 14.1. The van der Waals surface area contributed by atoms with Crippen molar-refractivity contribution >= 4 is 29.2 Å². The van der Waals surface area contributed by atoms with E-state index in [1.54, 1.807) is 18.2 Å². The van der Waals surface area contributed by atoms with Gasteiger partial charge in [0.2, 0.25) is 11.8 Å². The molecular formula is C17H24N4O4. The van der Waals surface area contributed by atoms with Crippen LogP contribution in [0.15, 0.2) is 24.3 Å². The highest BCUT2D eigenvalue weighted by molar-refractivity contribution is 6.09. The van der Waals surface area contributed by atoms with Crippen molar-refractivity contribution < 1.29 is 19.5 Å². The minimum atomic E-state index is -0.303. The molecule has 0 radical (unpaired) electrons. The normalized spacial score (nSPS) is 13.0. The Balaban J connectivity index is 1.69. The summed E-state index contributed by atoms with van der Waals surface area (Å²) < 4.78 is 0. The summed E-state index contributed by atoms with van der Waals surface area (Å²) >= 11 is 0. The molecule has 0 atom stereocenters. The fraction of sp³-hybridized carbons (Fsp3) is 0.471. The summed E-state index contributed by atoms with van der Waals surface area (Å²) in [6, 6.07) is 6.87. The van der Waals surface area contributed by atoms with E-state index in [0.29, 0.717) is 24.3 Å². The summed E-state index contributed by atoms with van der Waals surface area (Å²) in [6.45, 7) is 0.695. The van der Waals surface area contributed by atoms with Crippen molar-refractivity contribution in [1.29, 1.82) is 0 Å². The monoisotopic (exact) mass is 348 g/mol. The number of hydrogen-bond acceptors (Lipinski definition) is 4. The zero-order valence-electron chi connectivity index (χ0n) is 14.1. The van der Waals surface area contributed by atoms with Gasteiger partial charge in [-0.25, -0.2) is 4.79 Å². The fourth-order valence-electron chi connectivity index (χ4n) is 2.58. The van der Waals surface area contributed by atoms with Crippen molar-refractivity contribution in [2.45, 2.75) is 25.7 Å². The molecule has 1 aromatic carbocycles. The number of hydrogen-bond donors (Lipinski definition) is 4. The van der Waals surface area contributed by atoms with Crippen LogP contribution in [0, 0.1) is 0 Å². The van der Waals surface area contributed by atoms with Crippen molar-refractivity contribution in [3.05, 3.63) is 24.3 Å². The second-order valence-corrected chi connectivity index (χ2v) is 5.77. The van der Waals surface area contributed by atoms with Gasteiger partial charge in [-0.1, -0.05) is 18.6 Å². The first kappa shape index (κ1) is 18.7. The van der Waals surface area contributed by atoms with Crippen LogP contribution in [0.1, 0.15) is 25.7 Å². The fourth-order valence-corrected chi connectivity index (χ4v) is 2.58. The number of benzene rings is 1. The van der Waals surface area contributed by atoms with E-state index in [4.69, 9.17) is 5.11 Å². The maximum absolute atomic E-state index is 12.3. The predicted octanol–water partition coefficient (Wildman–Crippen LogP) is 0.824. The van der Waals surface area contributed by atoms with E-state index in [0.717, 1.165) is 19.3 Å². The number of nitrogens with one attached hydrogen (secondary N) is 3. The molecule has 1 aromatic rings. The highest BCUT2D eigenvalue weighted by atomic mass is 16.3. The molecule has 136 valence electrons. The lowest BCUT2D eigenvalue weighted by Crippen LogP contribution is -2.47. The van der Waals surface area contributed by atoms with E-state index >= 15 is 0 Å². The molecule has 0 aromatic heterocycles. The number of amides is 4. The van der Waals surface area contributed by atoms with E-state index in [2.05, 4.69) is 16.0 Å². The van der Waals surface area contributed by atoms with Crippen molar-refractivity contribution in [2.24, 2.45) is 0 Å². The molecule has 8 heteroatoms. The number of anilines is 2. The average molecular weight is 348 g/mol. The quantitative estimate of drug-likeness (QED) is 0.521. The Labute approximate surface area is 146 Å². The standard InChI is InChI=1S/C17H24N4O4/c22-11-10-18-15(23)8-2-1-5-9-19-17(25)21-12-16(24)20-13-6-3-4-7-14(13)21/h3-4,6-7,22H,1-2,5,8-12H2,(H,18,23)(H,19,25)(H,20,24). The maximum Gasteiger partial charge on any atom is 0.322 e. The third-order valence-corrected chi connectivity index (χ3v) is 3.81. The van der Waals surface area contributed by atoms with Crippen LogP contribution in [-0.2, 0) is 9.59 Å². The number of urea groups is 1. The molecule has 0 saturated carbocycles. The summed E-state index contributed by atoms with van der Waals surface area (Å²) in [7, 11) is 0. The molecule has 0 aliphatic carbocycles. The number of para-hydroxylation sites is 2. The van der Waals surface area contributed by atoms with Gasteiger partial charge in [0.1, 0.15) is 6.54 Å². The summed E-state index contributed by atoms with van der Waals surface area (Å²) in [5, 5.41) is 16.8. The van der Waals surface area contributed by atoms with Crippen LogP contribution in [0.4, 0.5) is 16.2 Å². The number of aliphatic hydroxyl groups excluding tert-OH is 1. The van der Waals surface area contributed by atoms with Crippen molar-refractivity contribution in [3.63, 3.8) is 0 Å². The van der Waals surface area contributed by atoms with E-state index in [1.807, 2.05) is 6.07 Å². The first-order valence-corrected chi connectivity index (χ1v) is 8.43. The van der Waals surface area contributed by atoms with Crippen LogP contribution in [0.2, 0.25) is 0 Å². The van der Waals surface area contributed by atoms with E-state index < -0.39 is 0 Å². The minimum Gasteiger partial charge on any atom is -0.395 e. The smallest absolute Gasteiger partial charge is 0.322 e. The number of carbonyl (C=O) groups is 3. The maximum atomic E-state index is 12.3. The Bertz CT molecular complexity index is 620. The molecule has 4 amide bonds. The Kier molecular flexibility index (Phi) is 7.21. The number of nitrogens with zero attached hydrogens (tertiary/aromatic N) is 1. The molecule has 1 aliphatic heterocycles. The molecule has 8 nitrogen and oxygen atoms in total.